The number of aromatic nitrogens is 1. The van der Waals surface area contributed by atoms with Crippen LogP contribution in [-0.2, 0) is 6.54 Å². The minimum absolute atomic E-state index is 0.0827. The zero-order chi connectivity index (χ0) is 15.4. The maximum atomic E-state index is 11.9. The molecule has 2 unspecified atom stereocenters. The van der Waals surface area contributed by atoms with Crippen LogP contribution >= 0.6 is 11.3 Å². The first-order chi connectivity index (χ1) is 9.95. The molecule has 1 aliphatic carbocycles. The molecule has 2 atom stereocenters. The van der Waals surface area contributed by atoms with Crippen molar-refractivity contribution < 1.29 is 4.79 Å². The fraction of sp³-hybridized carbons (Fsp3) is 0.733. The predicted octanol–water partition coefficient (Wildman–Crippen LogP) is 2.55. The lowest BCUT2D eigenvalue weighted by Gasteiger charge is -2.19. The van der Waals surface area contributed by atoms with Crippen LogP contribution in [0.4, 0.5) is 4.79 Å². The lowest BCUT2D eigenvalue weighted by atomic mass is 10.2. The molecule has 2 N–H and O–H groups in total. The molecule has 0 aliphatic heterocycles. The average Bonchev–Trinajstić information content (AvgIpc) is 3.05. The van der Waals surface area contributed by atoms with Crippen LogP contribution < -0.4 is 10.6 Å². The summed E-state index contributed by atoms with van der Waals surface area (Å²) < 4.78 is 0. The van der Waals surface area contributed by atoms with E-state index in [1.54, 1.807) is 11.3 Å². The van der Waals surface area contributed by atoms with Crippen molar-refractivity contribution in [2.75, 3.05) is 14.1 Å². The molecule has 0 radical (unpaired) electrons. The number of carbonyl (C=O) groups excluding carboxylic acids is 1. The van der Waals surface area contributed by atoms with Gasteiger partial charge in [-0.15, -0.1) is 11.3 Å². The van der Waals surface area contributed by atoms with Gasteiger partial charge in [-0.25, -0.2) is 9.78 Å². The number of thiazole rings is 1. The van der Waals surface area contributed by atoms with Crippen LogP contribution in [0.1, 0.15) is 49.7 Å². The summed E-state index contributed by atoms with van der Waals surface area (Å²) in [6, 6.07) is 0.795. The Hall–Kier alpha value is -1.14. The van der Waals surface area contributed by atoms with Crippen molar-refractivity contribution in [2.45, 2.75) is 57.7 Å². The molecule has 6 heteroatoms. The number of urea groups is 1. The number of hydrogen-bond donors (Lipinski definition) is 2. The molecule has 5 nitrogen and oxygen atoms in total. The summed E-state index contributed by atoms with van der Waals surface area (Å²) in [6.45, 7) is 4.76. The summed E-state index contributed by atoms with van der Waals surface area (Å²) in [6.07, 6.45) is 3.25. The van der Waals surface area contributed by atoms with Gasteiger partial charge in [0.05, 0.1) is 12.2 Å². The van der Waals surface area contributed by atoms with E-state index in [0.29, 0.717) is 24.5 Å². The van der Waals surface area contributed by atoms with Crippen LogP contribution in [0.2, 0.25) is 0 Å². The van der Waals surface area contributed by atoms with Gasteiger partial charge in [0.2, 0.25) is 0 Å². The Bertz CT molecular complexity index is 472. The Kier molecular flexibility index (Phi) is 5.58. The van der Waals surface area contributed by atoms with Crippen LogP contribution in [-0.4, -0.2) is 42.1 Å². The van der Waals surface area contributed by atoms with Crippen molar-refractivity contribution in [3.05, 3.63) is 16.1 Å². The molecule has 0 spiro atoms. The van der Waals surface area contributed by atoms with E-state index in [2.05, 4.69) is 53.8 Å². The first-order valence-electron chi connectivity index (χ1n) is 7.60. The second-order valence-electron chi connectivity index (χ2n) is 6.28. The molecule has 1 saturated carbocycles. The summed E-state index contributed by atoms with van der Waals surface area (Å²) in [5, 5.41) is 9.00. The Morgan fingerprint density at radius 3 is 2.81 bits per heavy atom. The smallest absolute Gasteiger partial charge is 0.315 e. The summed E-state index contributed by atoms with van der Waals surface area (Å²) in [5.41, 5.74) is 1.10. The van der Waals surface area contributed by atoms with Gasteiger partial charge < -0.3 is 15.5 Å². The maximum Gasteiger partial charge on any atom is 0.315 e. The van der Waals surface area contributed by atoms with Crippen molar-refractivity contribution in [3.63, 3.8) is 0 Å². The Morgan fingerprint density at radius 2 is 2.24 bits per heavy atom. The van der Waals surface area contributed by atoms with Crippen LogP contribution in [0.5, 0.6) is 0 Å². The molecular weight excluding hydrogens is 284 g/mol. The summed E-state index contributed by atoms with van der Waals surface area (Å²) >= 11 is 1.61. The first kappa shape index (κ1) is 16.2. The number of rotatable bonds is 5. The largest absolute Gasteiger partial charge is 0.335 e. The lowest BCUT2D eigenvalue weighted by molar-refractivity contribution is 0.235. The number of carbonyl (C=O) groups is 1. The standard InChI is InChI=1S/C15H26N4OS/c1-10(2)13-9-21-14(18-13)8-16-15(20)17-11-5-6-12(7-11)19(3)4/h9-12H,5-8H2,1-4H3,(H2,16,17,20). The number of amides is 2. The summed E-state index contributed by atoms with van der Waals surface area (Å²) in [7, 11) is 4.20. The number of hydrogen-bond acceptors (Lipinski definition) is 4. The summed E-state index contributed by atoms with van der Waals surface area (Å²) in [4.78, 5) is 18.7. The fourth-order valence-electron chi connectivity index (χ4n) is 2.62. The Labute approximate surface area is 131 Å². The molecule has 0 saturated heterocycles. The maximum absolute atomic E-state index is 11.9. The molecule has 2 rings (SSSR count). The SMILES string of the molecule is CC(C)c1csc(CNC(=O)NC2CCC(N(C)C)C2)n1. The third kappa shape index (κ3) is 4.68. The van der Waals surface area contributed by atoms with E-state index in [0.717, 1.165) is 30.0 Å². The molecule has 1 aromatic rings. The minimum Gasteiger partial charge on any atom is -0.335 e. The van der Waals surface area contributed by atoms with E-state index in [4.69, 9.17) is 0 Å². The fourth-order valence-corrected chi connectivity index (χ4v) is 3.52. The van der Waals surface area contributed by atoms with Crippen molar-refractivity contribution in [1.82, 2.24) is 20.5 Å². The van der Waals surface area contributed by atoms with E-state index in [9.17, 15) is 4.79 Å². The number of nitrogens with one attached hydrogen (secondary N) is 2. The van der Waals surface area contributed by atoms with Crippen molar-refractivity contribution >= 4 is 17.4 Å². The molecule has 21 heavy (non-hydrogen) atoms. The Morgan fingerprint density at radius 1 is 1.48 bits per heavy atom. The highest BCUT2D eigenvalue weighted by Gasteiger charge is 2.26. The van der Waals surface area contributed by atoms with Gasteiger partial charge >= 0.3 is 6.03 Å². The van der Waals surface area contributed by atoms with Gasteiger partial charge in [0.15, 0.2) is 0 Å². The molecule has 0 bridgehead atoms. The van der Waals surface area contributed by atoms with Gasteiger partial charge in [-0.1, -0.05) is 13.8 Å². The lowest BCUT2D eigenvalue weighted by Crippen LogP contribution is -2.41. The molecule has 1 fully saturated rings. The van der Waals surface area contributed by atoms with E-state index in [1.165, 1.54) is 0 Å². The van der Waals surface area contributed by atoms with E-state index in [1.807, 2.05) is 0 Å². The molecule has 1 aromatic heterocycles. The van der Waals surface area contributed by atoms with Gasteiger partial charge in [-0.3, -0.25) is 0 Å². The highest BCUT2D eigenvalue weighted by Crippen LogP contribution is 2.22. The van der Waals surface area contributed by atoms with Gasteiger partial charge in [-0.2, -0.15) is 0 Å². The zero-order valence-corrected chi connectivity index (χ0v) is 14.2. The van der Waals surface area contributed by atoms with Gasteiger partial charge in [0.25, 0.3) is 0 Å². The van der Waals surface area contributed by atoms with Gasteiger partial charge in [-0.05, 0) is 39.3 Å². The monoisotopic (exact) mass is 310 g/mol. The Balaban J connectivity index is 1.72. The number of nitrogens with zero attached hydrogens (tertiary/aromatic N) is 2. The first-order valence-corrected chi connectivity index (χ1v) is 8.48. The second-order valence-corrected chi connectivity index (χ2v) is 7.22. The van der Waals surface area contributed by atoms with Crippen LogP contribution in [0.3, 0.4) is 0 Å². The van der Waals surface area contributed by atoms with Crippen LogP contribution in [0, 0.1) is 0 Å². The third-order valence-corrected chi connectivity index (χ3v) is 4.90. The van der Waals surface area contributed by atoms with Gasteiger partial charge in [0.1, 0.15) is 5.01 Å². The highest BCUT2D eigenvalue weighted by atomic mass is 32.1. The zero-order valence-electron chi connectivity index (χ0n) is 13.3. The minimum atomic E-state index is -0.0827. The highest BCUT2D eigenvalue weighted by molar-refractivity contribution is 7.09. The topological polar surface area (TPSA) is 57.3 Å². The van der Waals surface area contributed by atoms with E-state index >= 15 is 0 Å². The molecule has 1 aliphatic rings. The van der Waals surface area contributed by atoms with E-state index in [-0.39, 0.29) is 6.03 Å². The molecule has 0 aromatic carbocycles. The molecular formula is C15H26N4OS. The summed E-state index contributed by atoms with van der Waals surface area (Å²) in [5.74, 6) is 0.435. The van der Waals surface area contributed by atoms with E-state index < -0.39 is 0 Å². The van der Waals surface area contributed by atoms with Crippen LogP contribution in [0.25, 0.3) is 0 Å². The average molecular weight is 310 g/mol. The molecule has 118 valence electrons. The van der Waals surface area contributed by atoms with Crippen molar-refractivity contribution in [1.29, 1.82) is 0 Å². The molecule has 1 heterocycles. The predicted molar refractivity (Wildman–Crippen MR) is 86.7 cm³/mol. The van der Waals surface area contributed by atoms with Crippen molar-refractivity contribution in [2.24, 2.45) is 0 Å². The quantitative estimate of drug-likeness (QED) is 0.879. The molecule has 2 amide bonds. The third-order valence-electron chi connectivity index (χ3n) is 4.03. The normalized spacial score (nSPS) is 22.0. The van der Waals surface area contributed by atoms with Gasteiger partial charge in [0, 0.05) is 17.5 Å². The second kappa shape index (κ2) is 7.22. The van der Waals surface area contributed by atoms with Crippen LogP contribution in [0.15, 0.2) is 5.38 Å². The van der Waals surface area contributed by atoms with Crippen molar-refractivity contribution in [3.8, 4) is 0 Å².